The van der Waals surface area contributed by atoms with Crippen molar-refractivity contribution < 1.29 is 9.53 Å². The number of benzene rings is 1. The molecule has 8 nitrogen and oxygen atoms in total. The molecule has 29 heavy (non-hydrogen) atoms. The zero-order valence-corrected chi connectivity index (χ0v) is 16.1. The first-order valence-corrected chi connectivity index (χ1v) is 9.44. The molecule has 0 bridgehead atoms. The fourth-order valence-corrected chi connectivity index (χ4v) is 3.01. The normalized spacial score (nSPS) is 13.8. The molecule has 3 aromatic rings. The second-order valence-electron chi connectivity index (χ2n) is 6.69. The number of carbonyl (C=O) groups is 1. The molecule has 4 rings (SSSR count). The minimum Gasteiger partial charge on any atom is -0.378 e. The summed E-state index contributed by atoms with van der Waals surface area (Å²) in [5, 5.41) is 6.16. The van der Waals surface area contributed by atoms with Crippen molar-refractivity contribution in [1.29, 1.82) is 0 Å². The Morgan fingerprint density at radius 3 is 2.55 bits per heavy atom. The molecule has 0 radical (unpaired) electrons. The Morgan fingerprint density at radius 1 is 1.07 bits per heavy atom. The van der Waals surface area contributed by atoms with E-state index in [1.54, 1.807) is 18.3 Å². The number of nitrogens with zero attached hydrogens (tertiary/aromatic N) is 4. The summed E-state index contributed by atoms with van der Waals surface area (Å²) in [5.41, 5.74) is 2.99. The molecule has 1 aliphatic heterocycles. The average molecular weight is 390 g/mol. The predicted octanol–water partition coefficient (Wildman–Crippen LogP) is 3.01. The van der Waals surface area contributed by atoms with Crippen LogP contribution >= 0.6 is 0 Å². The second-order valence-corrected chi connectivity index (χ2v) is 6.69. The van der Waals surface area contributed by atoms with E-state index in [1.165, 1.54) is 6.20 Å². The first kappa shape index (κ1) is 18.8. The van der Waals surface area contributed by atoms with E-state index in [9.17, 15) is 4.79 Å². The van der Waals surface area contributed by atoms with E-state index < -0.39 is 0 Å². The molecule has 1 fully saturated rings. The molecule has 1 amide bonds. The molecule has 8 heteroatoms. The summed E-state index contributed by atoms with van der Waals surface area (Å²) >= 11 is 0. The summed E-state index contributed by atoms with van der Waals surface area (Å²) in [6, 6.07) is 12.8. The van der Waals surface area contributed by atoms with E-state index in [1.807, 2.05) is 37.3 Å². The molecule has 1 aromatic carbocycles. The summed E-state index contributed by atoms with van der Waals surface area (Å²) in [5.74, 6) is 1.24. The molecule has 1 aliphatic rings. The van der Waals surface area contributed by atoms with Gasteiger partial charge >= 0.3 is 0 Å². The monoisotopic (exact) mass is 390 g/mol. The maximum atomic E-state index is 12.2. The Balaban J connectivity index is 1.43. The van der Waals surface area contributed by atoms with Crippen LogP contribution in [0.25, 0.3) is 0 Å². The zero-order chi connectivity index (χ0) is 20.1. The van der Waals surface area contributed by atoms with Crippen molar-refractivity contribution in [3.05, 3.63) is 66.1 Å². The first-order chi connectivity index (χ1) is 14.2. The number of morpholine rings is 1. The van der Waals surface area contributed by atoms with Crippen LogP contribution in [0.4, 0.5) is 23.1 Å². The van der Waals surface area contributed by atoms with Gasteiger partial charge in [-0.25, -0.2) is 4.98 Å². The maximum Gasteiger partial charge on any atom is 0.257 e. The van der Waals surface area contributed by atoms with Crippen molar-refractivity contribution in [3.8, 4) is 0 Å². The van der Waals surface area contributed by atoms with Gasteiger partial charge < -0.3 is 20.3 Å². The fraction of sp³-hybridized carbons (Fsp3) is 0.238. The molecule has 0 atom stereocenters. The molecule has 148 valence electrons. The molecular formula is C21H22N6O2. The lowest BCUT2D eigenvalue weighted by molar-refractivity contribution is 0.102. The highest BCUT2D eigenvalue weighted by Gasteiger charge is 2.15. The predicted molar refractivity (Wildman–Crippen MR) is 112 cm³/mol. The number of aromatic nitrogens is 3. The lowest BCUT2D eigenvalue weighted by Gasteiger charge is -2.27. The van der Waals surface area contributed by atoms with Gasteiger partial charge in [-0.1, -0.05) is 0 Å². The van der Waals surface area contributed by atoms with Crippen molar-refractivity contribution in [2.24, 2.45) is 0 Å². The lowest BCUT2D eigenvalue weighted by Crippen LogP contribution is -2.37. The molecule has 0 saturated carbocycles. The van der Waals surface area contributed by atoms with E-state index >= 15 is 0 Å². The van der Waals surface area contributed by atoms with Gasteiger partial charge in [0.25, 0.3) is 5.91 Å². The van der Waals surface area contributed by atoms with Crippen molar-refractivity contribution in [1.82, 2.24) is 15.0 Å². The molecule has 2 N–H and O–H groups in total. The molecular weight excluding hydrogens is 368 g/mol. The van der Waals surface area contributed by atoms with Gasteiger partial charge in [-0.2, -0.15) is 4.98 Å². The van der Waals surface area contributed by atoms with Crippen molar-refractivity contribution in [2.45, 2.75) is 6.92 Å². The quantitative estimate of drug-likeness (QED) is 0.692. The van der Waals surface area contributed by atoms with Crippen LogP contribution in [-0.4, -0.2) is 47.2 Å². The minimum absolute atomic E-state index is 0.194. The van der Waals surface area contributed by atoms with E-state index in [2.05, 4.69) is 30.5 Å². The minimum atomic E-state index is -0.194. The van der Waals surface area contributed by atoms with Crippen LogP contribution in [-0.2, 0) is 4.74 Å². The number of aryl methyl sites for hydroxylation is 1. The number of rotatable bonds is 5. The third-order valence-corrected chi connectivity index (χ3v) is 4.48. The van der Waals surface area contributed by atoms with E-state index in [4.69, 9.17) is 4.74 Å². The third-order valence-electron chi connectivity index (χ3n) is 4.48. The SMILES string of the molecule is Cc1cc(Nc2ccc(NC(=O)c3cccnc3)cc2)nc(N2CCOCC2)n1. The highest BCUT2D eigenvalue weighted by atomic mass is 16.5. The summed E-state index contributed by atoms with van der Waals surface area (Å²) in [7, 11) is 0. The number of hydrogen-bond acceptors (Lipinski definition) is 7. The summed E-state index contributed by atoms with van der Waals surface area (Å²) in [6.45, 7) is 4.90. The first-order valence-electron chi connectivity index (χ1n) is 9.44. The number of ether oxygens (including phenoxy) is 1. The Kier molecular flexibility index (Phi) is 5.62. The third kappa shape index (κ3) is 4.85. The van der Waals surface area contributed by atoms with Crippen LogP contribution in [0.3, 0.4) is 0 Å². The zero-order valence-electron chi connectivity index (χ0n) is 16.1. The number of hydrogen-bond donors (Lipinski definition) is 2. The fourth-order valence-electron chi connectivity index (χ4n) is 3.01. The second kappa shape index (κ2) is 8.66. The standard InChI is InChI=1S/C21H22N6O2/c1-15-13-19(26-21(23-15)27-9-11-29-12-10-27)24-17-4-6-18(7-5-17)25-20(28)16-3-2-8-22-14-16/h2-8,13-14H,9-12H2,1H3,(H,25,28)(H,23,24,26). The van der Waals surface area contributed by atoms with Gasteiger partial charge in [-0.15, -0.1) is 0 Å². The van der Waals surface area contributed by atoms with Gasteiger partial charge in [0, 0.05) is 48.6 Å². The average Bonchev–Trinajstić information content (AvgIpc) is 2.76. The van der Waals surface area contributed by atoms with Crippen LogP contribution in [0.2, 0.25) is 0 Å². The number of amides is 1. The summed E-state index contributed by atoms with van der Waals surface area (Å²) < 4.78 is 5.40. The maximum absolute atomic E-state index is 12.2. The summed E-state index contributed by atoms with van der Waals surface area (Å²) in [6.07, 6.45) is 3.17. The summed E-state index contributed by atoms with van der Waals surface area (Å²) in [4.78, 5) is 27.5. The Labute approximate surface area is 169 Å². The largest absolute Gasteiger partial charge is 0.378 e. The van der Waals surface area contributed by atoms with Gasteiger partial charge in [0.1, 0.15) is 5.82 Å². The topological polar surface area (TPSA) is 92.3 Å². The van der Waals surface area contributed by atoms with Gasteiger partial charge in [0.05, 0.1) is 18.8 Å². The highest BCUT2D eigenvalue weighted by Crippen LogP contribution is 2.21. The van der Waals surface area contributed by atoms with Gasteiger partial charge in [0.2, 0.25) is 5.95 Å². The van der Waals surface area contributed by atoms with E-state index in [-0.39, 0.29) is 5.91 Å². The van der Waals surface area contributed by atoms with Crippen LogP contribution in [0, 0.1) is 6.92 Å². The van der Waals surface area contributed by atoms with Crippen LogP contribution in [0.5, 0.6) is 0 Å². The number of carbonyl (C=O) groups excluding carboxylic acids is 1. The molecule has 0 aliphatic carbocycles. The molecule has 1 saturated heterocycles. The number of pyridine rings is 1. The van der Waals surface area contributed by atoms with Gasteiger partial charge in [-0.3, -0.25) is 9.78 Å². The molecule has 0 unspecified atom stereocenters. The van der Waals surface area contributed by atoms with Crippen molar-refractivity contribution in [3.63, 3.8) is 0 Å². The van der Waals surface area contributed by atoms with Gasteiger partial charge in [-0.05, 0) is 43.3 Å². The Bertz CT molecular complexity index is 972. The lowest BCUT2D eigenvalue weighted by atomic mass is 10.2. The number of nitrogens with one attached hydrogen (secondary N) is 2. The highest BCUT2D eigenvalue weighted by molar-refractivity contribution is 6.04. The van der Waals surface area contributed by atoms with Gasteiger partial charge in [0.15, 0.2) is 0 Å². The Morgan fingerprint density at radius 2 is 1.83 bits per heavy atom. The van der Waals surface area contributed by atoms with Crippen LogP contribution in [0.15, 0.2) is 54.9 Å². The van der Waals surface area contributed by atoms with Crippen LogP contribution < -0.4 is 15.5 Å². The van der Waals surface area contributed by atoms with Crippen LogP contribution in [0.1, 0.15) is 16.1 Å². The smallest absolute Gasteiger partial charge is 0.257 e. The van der Waals surface area contributed by atoms with E-state index in [0.29, 0.717) is 30.4 Å². The van der Waals surface area contributed by atoms with Crippen molar-refractivity contribution in [2.75, 3.05) is 41.8 Å². The number of anilines is 4. The Hall–Kier alpha value is -3.52. The van der Waals surface area contributed by atoms with E-state index in [0.717, 1.165) is 30.3 Å². The van der Waals surface area contributed by atoms with Crippen molar-refractivity contribution >= 4 is 29.0 Å². The molecule has 3 heterocycles. The molecule has 2 aromatic heterocycles. The molecule has 0 spiro atoms.